The van der Waals surface area contributed by atoms with Crippen LogP contribution in [0.3, 0.4) is 0 Å². The van der Waals surface area contributed by atoms with Crippen LogP contribution in [0.4, 0.5) is 5.69 Å². The molecule has 1 aliphatic carbocycles. The van der Waals surface area contributed by atoms with Crippen LogP contribution in [0, 0.1) is 5.92 Å². The molecule has 2 aromatic rings. The highest BCUT2D eigenvalue weighted by molar-refractivity contribution is 6.06. The van der Waals surface area contributed by atoms with Crippen LogP contribution in [0.2, 0.25) is 0 Å². The summed E-state index contributed by atoms with van der Waals surface area (Å²) in [6, 6.07) is 15.1. The Morgan fingerprint density at radius 2 is 1.76 bits per heavy atom. The lowest BCUT2D eigenvalue weighted by molar-refractivity contribution is 0.102. The van der Waals surface area contributed by atoms with Crippen LogP contribution in [0.5, 0.6) is 5.75 Å². The van der Waals surface area contributed by atoms with Gasteiger partial charge in [-0.25, -0.2) is 5.43 Å². The van der Waals surface area contributed by atoms with Gasteiger partial charge in [-0.05, 0) is 42.5 Å². The minimum atomic E-state index is -0.196. The summed E-state index contributed by atoms with van der Waals surface area (Å²) in [5.74, 6) is 0.382. The minimum Gasteiger partial charge on any atom is -0.506 e. The second-order valence-corrected chi connectivity index (χ2v) is 6.88. The van der Waals surface area contributed by atoms with Crippen molar-refractivity contribution >= 4 is 11.6 Å². The van der Waals surface area contributed by atoms with E-state index in [4.69, 9.17) is 0 Å². The molecular weight excluding hydrogens is 314 g/mol. The first-order chi connectivity index (χ1) is 12.2. The third-order valence-corrected chi connectivity index (χ3v) is 5.36. The van der Waals surface area contributed by atoms with E-state index >= 15 is 0 Å². The average Bonchev–Trinajstić information content (AvgIpc) is 3.07. The third kappa shape index (κ3) is 3.13. The van der Waals surface area contributed by atoms with Gasteiger partial charge in [-0.15, -0.1) is 0 Å². The number of hydrogen-bond donors (Lipinski definition) is 4. The standard InChI is InChI=1S/C20H23N3O2/c24-18-12-6-5-11-17(18)21-20(25)14-8-2-1-7-13(14)19-15-9-3-4-10-16(15)22-23-19/h1-2,5-8,11-12,15-16,19,22-24H,3-4,9-10H2,(H,21,25). The summed E-state index contributed by atoms with van der Waals surface area (Å²) >= 11 is 0. The molecule has 2 fully saturated rings. The topological polar surface area (TPSA) is 73.4 Å². The van der Waals surface area contributed by atoms with Crippen LogP contribution in [-0.2, 0) is 0 Å². The zero-order chi connectivity index (χ0) is 17.2. The highest BCUT2D eigenvalue weighted by Crippen LogP contribution is 2.39. The second kappa shape index (κ2) is 6.86. The second-order valence-electron chi connectivity index (χ2n) is 6.88. The van der Waals surface area contributed by atoms with Crippen molar-refractivity contribution in [1.82, 2.24) is 10.9 Å². The highest BCUT2D eigenvalue weighted by Gasteiger charge is 2.39. The van der Waals surface area contributed by atoms with Crippen LogP contribution < -0.4 is 16.2 Å². The molecule has 0 aromatic heterocycles. The fourth-order valence-electron chi connectivity index (χ4n) is 4.09. The first-order valence-corrected chi connectivity index (χ1v) is 8.93. The molecule has 1 aliphatic heterocycles. The molecule has 0 bridgehead atoms. The number of nitrogens with one attached hydrogen (secondary N) is 3. The fourth-order valence-corrected chi connectivity index (χ4v) is 4.09. The van der Waals surface area contributed by atoms with Gasteiger partial charge in [-0.1, -0.05) is 43.2 Å². The van der Waals surface area contributed by atoms with Crippen molar-refractivity contribution in [3.63, 3.8) is 0 Å². The van der Waals surface area contributed by atoms with Crippen LogP contribution in [0.25, 0.3) is 0 Å². The van der Waals surface area contributed by atoms with Crippen molar-refractivity contribution in [3.05, 3.63) is 59.7 Å². The Labute approximate surface area is 147 Å². The first kappa shape index (κ1) is 16.1. The maximum Gasteiger partial charge on any atom is 0.256 e. The molecule has 1 saturated carbocycles. The van der Waals surface area contributed by atoms with Crippen molar-refractivity contribution < 1.29 is 9.90 Å². The number of benzene rings is 2. The number of carbonyl (C=O) groups excluding carboxylic acids is 1. The lowest BCUT2D eigenvalue weighted by atomic mass is 9.78. The number of fused-ring (bicyclic) bond motifs is 1. The lowest BCUT2D eigenvalue weighted by Crippen LogP contribution is -2.33. The van der Waals surface area contributed by atoms with Crippen molar-refractivity contribution in [2.45, 2.75) is 37.8 Å². The summed E-state index contributed by atoms with van der Waals surface area (Å²) < 4.78 is 0. The lowest BCUT2D eigenvalue weighted by Gasteiger charge is -2.28. The van der Waals surface area contributed by atoms with E-state index in [1.165, 1.54) is 25.7 Å². The Morgan fingerprint density at radius 3 is 2.64 bits per heavy atom. The van der Waals surface area contributed by atoms with Gasteiger partial charge in [0.05, 0.1) is 11.7 Å². The molecule has 4 N–H and O–H groups in total. The predicted octanol–water partition coefficient (Wildman–Crippen LogP) is 3.35. The van der Waals surface area contributed by atoms with E-state index in [1.807, 2.05) is 24.3 Å². The number of carbonyl (C=O) groups is 1. The summed E-state index contributed by atoms with van der Waals surface area (Å²) in [5.41, 5.74) is 8.90. The molecule has 1 saturated heterocycles. The Balaban J connectivity index is 1.61. The van der Waals surface area contributed by atoms with E-state index in [0.29, 0.717) is 23.2 Å². The van der Waals surface area contributed by atoms with Gasteiger partial charge in [0.15, 0.2) is 0 Å². The van der Waals surface area contributed by atoms with Gasteiger partial charge in [0.2, 0.25) is 0 Å². The van der Waals surface area contributed by atoms with Crippen molar-refractivity contribution in [2.75, 3.05) is 5.32 Å². The summed E-state index contributed by atoms with van der Waals surface area (Å²) in [4.78, 5) is 12.8. The summed E-state index contributed by atoms with van der Waals surface area (Å²) in [7, 11) is 0. The number of amides is 1. The Hall–Kier alpha value is -2.37. The predicted molar refractivity (Wildman–Crippen MR) is 97.3 cm³/mol. The summed E-state index contributed by atoms with van der Waals surface area (Å²) in [6.07, 6.45) is 4.86. The SMILES string of the molecule is O=C(Nc1ccccc1O)c1ccccc1C1NNC2CCCCC21. The quantitative estimate of drug-likeness (QED) is 0.648. The molecule has 1 amide bonds. The Morgan fingerprint density at radius 1 is 1.00 bits per heavy atom. The molecule has 5 nitrogen and oxygen atoms in total. The molecule has 130 valence electrons. The molecule has 25 heavy (non-hydrogen) atoms. The van der Waals surface area contributed by atoms with Gasteiger partial charge in [0.1, 0.15) is 5.75 Å². The van der Waals surface area contributed by atoms with Gasteiger partial charge in [0.25, 0.3) is 5.91 Å². The van der Waals surface area contributed by atoms with Crippen molar-refractivity contribution in [2.24, 2.45) is 5.92 Å². The molecule has 3 atom stereocenters. The van der Waals surface area contributed by atoms with Crippen LogP contribution in [0.15, 0.2) is 48.5 Å². The first-order valence-electron chi connectivity index (χ1n) is 8.93. The van der Waals surface area contributed by atoms with Crippen LogP contribution in [-0.4, -0.2) is 17.1 Å². The fraction of sp³-hybridized carbons (Fsp3) is 0.350. The third-order valence-electron chi connectivity index (χ3n) is 5.36. The molecule has 1 heterocycles. The van der Waals surface area contributed by atoms with E-state index in [0.717, 1.165) is 5.56 Å². The number of para-hydroxylation sites is 2. The minimum absolute atomic E-state index is 0.0707. The maximum atomic E-state index is 12.8. The van der Waals surface area contributed by atoms with Gasteiger partial charge < -0.3 is 10.4 Å². The van der Waals surface area contributed by atoms with Gasteiger partial charge in [-0.2, -0.15) is 0 Å². The normalized spacial score (nSPS) is 25.4. The molecule has 5 heteroatoms. The molecule has 3 unspecified atom stereocenters. The van der Waals surface area contributed by atoms with Crippen molar-refractivity contribution in [3.8, 4) is 5.75 Å². The molecule has 2 aliphatic rings. The average molecular weight is 337 g/mol. The summed E-state index contributed by atoms with van der Waals surface area (Å²) in [6.45, 7) is 0. The highest BCUT2D eigenvalue weighted by atomic mass is 16.3. The molecule has 4 rings (SSSR count). The van der Waals surface area contributed by atoms with Gasteiger partial charge >= 0.3 is 0 Å². The smallest absolute Gasteiger partial charge is 0.256 e. The zero-order valence-corrected chi connectivity index (χ0v) is 14.0. The largest absolute Gasteiger partial charge is 0.506 e. The van der Waals surface area contributed by atoms with E-state index in [9.17, 15) is 9.90 Å². The molecule has 2 aromatic carbocycles. The Bertz CT molecular complexity index is 777. The van der Waals surface area contributed by atoms with Gasteiger partial charge in [-0.3, -0.25) is 10.2 Å². The molecule has 0 spiro atoms. The number of rotatable bonds is 3. The number of hydrazine groups is 1. The number of anilines is 1. The number of phenols is 1. The van der Waals surface area contributed by atoms with E-state index in [-0.39, 0.29) is 17.7 Å². The monoisotopic (exact) mass is 337 g/mol. The van der Waals surface area contributed by atoms with E-state index in [1.54, 1.807) is 24.3 Å². The molecular formula is C20H23N3O2. The van der Waals surface area contributed by atoms with Crippen molar-refractivity contribution in [1.29, 1.82) is 0 Å². The Kier molecular flexibility index (Phi) is 4.42. The zero-order valence-electron chi connectivity index (χ0n) is 14.0. The van der Waals surface area contributed by atoms with Gasteiger partial charge in [0, 0.05) is 11.6 Å². The maximum absolute atomic E-state index is 12.8. The molecule has 0 radical (unpaired) electrons. The summed E-state index contributed by atoms with van der Waals surface area (Å²) in [5, 5.41) is 12.7. The van der Waals surface area contributed by atoms with Crippen LogP contribution >= 0.6 is 0 Å². The number of hydrogen-bond acceptors (Lipinski definition) is 4. The van der Waals surface area contributed by atoms with Crippen LogP contribution in [0.1, 0.15) is 47.6 Å². The number of phenolic OH excluding ortho intramolecular Hbond substituents is 1. The van der Waals surface area contributed by atoms with E-state index < -0.39 is 0 Å². The number of aromatic hydroxyl groups is 1. The van der Waals surface area contributed by atoms with E-state index in [2.05, 4.69) is 16.2 Å².